The van der Waals surface area contributed by atoms with Gasteiger partial charge < -0.3 is 86.0 Å². The largest absolute Gasteiger partial charge is 0.394 e. The van der Waals surface area contributed by atoms with Crippen molar-refractivity contribution in [2.45, 2.75) is 118 Å². The molecule has 0 unspecified atom stereocenters. The zero-order valence-electron chi connectivity index (χ0n) is 29.8. The maximum Gasteiger partial charge on any atom is 0.244 e. The first-order valence-corrected chi connectivity index (χ1v) is 18.0. The number of aliphatic hydroxyl groups excluding tert-OH is 7. The third-order valence-corrected chi connectivity index (χ3v) is 9.80. The van der Waals surface area contributed by atoms with E-state index in [4.69, 9.17) is 23.7 Å². The van der Waals surface area contributed by atoms with Crippen molar-refractivity contribution in [2.75, 3.05) is 32.2 Å². The van der Waals surface area contributed by atoms with E-state index in [2.05, 4.69) is 33.2 Å². The lowest BCUT2D eigenvalue weighted by atomic mass is 9.94. The Kier molecular flexibility index (Phi) is 17.9. The molecule has 0 aliphatic carbocycles. The number of hydrogen-bond acceptors (Lipinski definition) is 18. The number of nitrogens with one attached hydrogen (secondary N) is 5. The van der Waals surface area contributed by atoms with Crippen molar-refractivity contribution < 1.29 is 83.4 Å². The molecule has 0 aromatic heterocycles. The molecule has 308 valence electrons. The van der Waals surface area contributed by atoms with Crippen molar-refractivity contribution in [3.63, 3.8) is 0 Å². The standard InChI is InChI=1S/C31H51N5O17S/c1-5-18(43)32-11-33-19(44)6-7-54-31-22(36-14(4)42)26(48)28(17(10-39)51-31)53-30-21(35-13(3)41)25(47)27(16(9-38)50-30)52-29-20(34-12(2)40)24(46)23(45)15(8-37)49-29/h5,15-17,20-31,37-39,45-48H,1,6-11H2,2-4H3,(H,32,43)(H,33,44)(H,34,40)(H,35,41)(H,36,42)/t15-,16-,17-,20-,21-,22-,23-,24-,25-,26-,27-,28-,29+,30+,31+/m1/s1. The fourth-order valence-corrected chi connectivity index (χ4v) is 7.25. The van der Waals surface area contributed by atoms with E-state index in [1.807, 2.05) is 0 Å². The molecule has 0 saturated carbocycles. The van der Waals surface area contributed by atoms with Gasteiger partial charge >= 0.3 is 0 Å². The molecule has 3 rings (SSSR count). The van der Waals surface area contributed by atoms with Gasteiger partial charge in [-0.25, -0.2) is 0 Å². The fraction of sp³-hybridized carbons (Fsp3) is 0.774. The van der Waals surface area contributed by atoms with Crippen LogP contribution in [0.25, 0.3) is 0 Å². The second kappa shape index (κ2) is 21.3. The maximum atomic E-state index is 12.3. The van der Waals surface area contributed by atoms with Crippen LogP contribution in [0.1, 0.15) is 27.2 Å². The SMILES string of the molecule is C=CC(=O)NCNC(=O)CCS[C@@H]1O[C@H](CO)[C@@H](O[C@@H]2O[C@H](CO)[C@@H](O[C@@H]3O[C@H](CO)[C@@H](O)[C@H](O)[C@H]3NC(C)=O)[C@H](O)[C@H]2NC(C)=O)[C@H](O)[C@H]1NC(C)=O. The average Bonchev–Trinajstić information content (AvgIpc) is 3.11. The average molecular weight is 798 g/mol. The van der Waals surface area contributed by atoms with Gasteiger partial charge in [0, 0.05) is 32.9 Å². The molecule has 0 bridgehead atoms. The van der Waals surface area contributed by atoms with E-state index in [1.54, 1.807) is 0 Å². The molecule has 5 amide bonds. The first-order chi connectivity index (χ1) is 25.6. The Morgan fingerprint density at radius 3 is 1.63 bits per heavy atom. The van der Waals surface area contributed by atoms with E-state index >= 15 is 0 Å². The van der Waals surface area contributed by atoms with Gasteiger partial charge in [-0.3, -0.25) is 24.0 Å². The zero-order valence-corrected chi connectivity index (χ0v) is 30.6. The number of carbonyl (C=O) groups excluding carboxylic acids is 5. The molecule has 15 atom stereocenters. The summed E-state index contributed by atoms with van der Waals surface area (Å²) < 4.78 is 29.5. The lowest BCUT2D eigenvalue weighted by Crippen LogP contribution is -2.70. The summed E-state index contributed by atoms with van der Waals surface area (Å²) >= 11 is 1.03. The molecular weight excluding hydrogens is 746 g/mol. The van der Waals surface area contributed by atoms with Gasteiger partial charge in [-0.15, -0.1) is 11.8 Å². The summed E-state index contributed by atoms with van der Waals surface area (Å²) in [6.07, 6.45) is -16.4. The summed E-state index contributed by atoms with van der Waals surface area (Å²) in [5.74, 6) is -2.73. The van der Waals surface area contributed by atoms with Gasteiger partial charge in [0.15, 0.2) is 12.6 Å². The lowest BCUT2D eigenvalue weighted by Gasteiger charge is -2.50. The molecule has 0 aromatic carbocycles. The van der Waals surface area contributed by atoms with Crippen LogP contribution in [0.3, 0.4) is 0 Å². The van der Waals surface area contributed by atoms with Crippen LogP contribution in [-0.4, -0.2) is 189 Å². The van der Waals surface area contributed by atoms with Gasteiger partial charge in [0.05, 0.1) is 32.5 Å². The number of thioether (sulfide) groups is 1. The second-order valence-corrected chi connectivity index (χ2v) is 13.9. The second-order valence-electron chi connectivity index (χ2n) is 12.7. The smallest absolute Gasteiger partial charge is 0.244 e. The Balaban J connectivity index is 1.81. The van der Waals surface area contributed by atoms with Crippen LogP contribution < -0.4 is 26.6 Å². The summed E-state index contributed by atoms with van der Waals surface area (Å²) in [6, 6.07) is -4.14. The van der Waals surface area contributed by atoms with E-state index in [9.17, 15) is 59.7 Å². The quantitative estimate of drug-likeness (QED) is 0.0481. The Labute approximate surface area is 314 Å². The van der Waals surface area contributed by atoms with Crippen LogP contribution in [0, 0.1) is 0 Å². The van der Waals surface area contributed by atoms with E-state index < -0.39 is 140 Å². The Bertz CT molecular complexity index is 1300. The third kappa shape index (κ3) is 12.0. The van der Waals surface area contributed by atoms with E-state index in [0.717, 1.165) is 31.7 Å². The Hall–Kier alpha value is -3.04. The molecule has 0 aromatic rings. The van der Waals surface area contributed by atoms with E-state index in [-0.39, 0.29) is 18.8 Å². The molecule has 3 heterocycles. The number of hydrogen-bond donors (Lipinski definition) is 12. The third-order valence-electron chi connectivity index (χ3n) is 8.62. The molecule has 3 aliphatic heterocycles. The van der Waals surface area contributed by atoms with E-state index in [0.29, 0.717) is 0 Å². The fourth-order valence-electron chi connectivity index (χ4n) is 6.06. The van der Waals surface area contributed by atoms with E-state index in [1.165, 1.54) is 6.92 Å². The highest BCUT2D eigenvalue weighted by Gasteiger charge is 2.54. The molecule has 3 aliphatic rings. The topological polar surface area (TPSA) is 333 Å². The number of amides is 5. The van der Waals surface area contributed by atoms with Crippen molar-refractivity contribution in [1.82, 2.24) is 26.6 Å². The van der Waals surface area contributed by atoms with Crippen LogP contribution in [0.2, 0.25) is 0 Å². The van der Waals surface area contributed by atoms with Gasteiger partial charge in [-0.2, -0.15) is 0 Å². The maximum absolute atomic E-state index is 12.3. The van der Waals surface area contributed by atoms with Gasteiger partial charge in [-0.05, 0) is 6.08 Å². The number of aliphatic hydroxyl groups is 7. The number of rotatable bonds is 17. The predicted octanol–water partition coefficient (Wildman–Crippen LogP) is -6.63. The molecule has 3 saturated heterocycles. The highest BCUT2D eigenvalue weighted by atomic mass is 32.2. The number of ether oxygens (including phenoxy) is 5. The summed E-state index contributed by atoms with van der Waals surface area (Å²) in [7, 11) is 0. The minimum Gasteiger partial charge on any atom is -0.394 e. The molecule has 3 fully saturated rings. The van der Waals surface area contributed by atoms with Crippen molar-refractivity contribution in [3.8, 4) is 0 Å². The zero-order chi connectivity index (χ0) is 40.3. The first kappa shape index (κ1) is 45.4. The summed E-state index contributed by atoms with van der Waals surface area (Å²) in [5.41, 5.74) is -1.02. The highest BCUT2D eigenvalue weighted by Crippen LogP contribution is 2.35. The highest BCUT2D eigenvalue weighted by molar-refractivity contribution is 7.99. The van der Waals surface area contributed by atoms with Crippen molar-refractivity contribution in [3.05, 3.63) is 12.7 Å². The van der Waals surface area contributed by atoms with Gasteiger partial charge in [-0.1, -0.05) is 6.58 Å². The minimum atomic E-state index is -1.80. The predicted molar refractivity (Wildman–Crippen MR) is 182 cm³/mol. The summed E-state index contributed by atoms with van der Waals surface area (Å²) in [5, 5.41) is 86.8. The van der Waals surface area contributed by atoms with Crippen LogP contribution >= 0.6 is 11.8 Å². The van der Waals surface area contributed by atoms with Gasteiger partial charge in [0.1, 0.15) is 72.5 Å². The van der Waals surface area contributed by atoms with Gasteiger partial charge in [0.25, 0.3) is 0 Å². The van der Waals surface area contributed by atoms with Crippen molar-refractivity contribution in [2.24, 2.45) is 0 Å². The normalized spacial score (nSPS) is 36.7. The van der Waals surface area contributed by atoms with Gasteiger partial charge in [0.2, 0.25) is 29.5 Å². The molecule has 0 spiro atoms. The monoisotopic (exact) mass is 797 g/mol. The summed E-state index contributed by atoms with van der Waals surface area (Å²) in [4.78, 5) is 59.9. The lowest BCUT2D eigenvalue weighted by molar-refractivity contribution is -0.345. The molecule has 54 heavy (non-hydrogen) atoms. The van der Waals surface area contributed by atoms with Crippen LogP contribution in [0.15, 0.2) is 12.7 Å². The molecular formula is C31H51N5O17S. The number of carbonyl (C=O) groups is 5. The van der Waals surface area contributed by atoms with Crippen LogP contribution in [0.5, 0.6) is 0 Å². The molecule has 12 N–H and O–H groups in total. The summed E-state index contributed by atoms with van der Waals surface area (Å²) in [6.45, 7) is 4.21. The van der Waals surface area contributed by atoms with Crippen LogP contribution in [0.4, 0.5) is 0 Å². The Morgan fingerprint density at radius 2 is 1.13 bits per heavy atom. The molecule has 0 radical (unpaired) electrons. The Morgan fingerprint density at radius 1 is 0.667 bits per heavy atom. The molecule has 22 nitrogen and oxygen atoms in total. The van der Waals surface area contributed by atoms with Crippen molar-refractivity contribution in [1.29, 1.82) is 0 Å². The van der Waals surface area contributed by atoms with Crippen LogP contribution in [-0.2, 0) is 47.7 Å². The van der Waals surface area contributed by atoms with Crippen molar-refractivity contribution >= 4 is 41.3 Å². The minimum absolute atomic E-state index is 0.0588. The molecule has 23 heteroatoms. The first-order valence-electron chi connectivity index (χ1n) is 17.0.